The molecule has 0 radical (unpaired) electrons. The molecule has 3 aliphatic heterocycles. The summed E-state index contributed by atoms with van der Waals surface area (Å²) in [5.41, 5.74) is 6.44. The average molecular weight is 253 g/mol. The molecule has 18 heavy (non-hydrogen) atoms. The van der Waals surface area contributed by atoms with Crippen LogP contribution < -0.4 is 5.73 Å². The molecule has 1 aromatic carbocycles. The predicted molar refractivity (Wildman–Crippen MR) is 65.1 cm³/mol. The molecule has 98 valence electrons. The fourth-order valence-corrected chi connectivity index (χ4v) is 2.98. The Kier molecular flexibility index (Phi) is 3.05. The van der Waals surface area contributed by atoms with Gasteiger partial charge >= 0.3 is 0 Å². The van der Waals surface area contributed by atoms with Crippen LogP contribution in [0.15, 0.2) is 18.2 Å². The summed E-state index contributed by atoms with van der Waals surface area (Å²) in [6.45, 7) is 4.88. The van der Waals surface area contributed by atoms with E-state index in [0.29, 0.717) is 0 Å². The van der Waals surface area contributed by atoms with E-state index in [4.69, 9.17) is 5.73 Å². The van der Waals surface area contributed by atoms with Gasteiger partial charge in [-0.1, -0.05) is 0 Å². The number of hydrogen-bond acceptors (Lipinski definition) is 3. The quantitative estimate of drug-likeness (QED) is 0.852. The van der Waals surface area contributed by atoms with Gasteiger partial charge in [0.1, 0.15) is 11.6 Å². The van der Waals surface area contributed by atoms with Gasteiger partial charge in [-0.3, -0.25) is 9.80 Å². The van der Waals surface area contributed by atoms with E-state index in [-0.39, 0.29) is 11.6 Å². The first-order chi connectivity index (χ1) is 8.65. The Morgan fingerprint density at radius 1 is 1.17 bits per heavy atom. The number of nitrogens with zero attached hydrogens (tertiary/aromatic N) is 2. The van der Waals surface area contributed by atoms with Crippen LogP contribution in [0.25, 0.3) is 0 Å². The zero-order chi connectivity index (χ0) is 12.7. The molecule has 3 aliphatic rings. The second kappa shape index (κ2) is 4.57. The molecule has 3 fully saturated rings. The van der Waals surface area contributed by atoms with Gasteiger partial charge in [-0.15, -0.1) is 0 Å². The van der Waals surface area contributed by atoms with Crippen molar-refractivity contribution in [3.8, 4) is 0 Å². The Morgan fingerprint density at radius 2 is 1.89 bits per heavy atom. The standard InChI is InChI=1S/C13H17F2N3/c14-9-1-2-11(15)10(7-9)13(16)12-8-17-3-5-18(12)6-4-17/h1-2,7,12-13H,3-6,8,16H2. The molecule has 2 N–H and O–H groups in total. The minimum Gasteiger partial charge on any atom is -0.323 e. The van der Waals surface area contributed by atoms with Crippen molar-refractivity contribution in [1.82, 2.24) is 9.80 Å². The average Bonchev–Trinajstić information content (AvgIpc) is 2.42. The summed E-state index contributed by atoms with van der Waals surface area (Å²) in [5.74, 6) is -0.848. The normalized spacial score (nSPS) is 32.5. The van der Waals surface area contributed by atoms with E-state index in [9.17, 15) is 8.78 Å². The van der Waals surface area contributed by atoms with Crippen LogP contribution in [0.2, 0.25) is 0 Å². The van der Waals surface area contributed by atoms with Gasteiger partial charge in [-0.2, -0.15) is 0 Å². The van der Waals surface area contributed by atoms with Crippen molar-refractivity contribution in [1.29, 1.82) is 0 Å². The Morgan fingerprint density at radius 3 is 2.50 bits per heavy atom. The maximum absolute atomic E-state index is 13.7. The second-order valence-corrected chi connectivity index (χ2v) is 5.10. The van der Waals surface area contributed by atoms with Gasteiger partial charge in [0.15, 0.2) is 0 Å². The van der Waals surface area contributed by atoms with Crippen molar-refractivity contribution in [2.45, 2.75) is 12.1 Å². The highest BCUT2D eigenvalue weighted by Gasteiger charge is 2.36. The maximum Gasteiger partial charge on any atom is 0.128 e. The lowest BCUT2D eigenvalue weighted by Gasteiger charge is -2.49. The SMILES string of the molecule is NC(c1cc(F)ccc1F)C1CN2CCN1CC2. The van der Waals surface area contributed by atoms with E-state index in [1.807, 2.05) is 0 Å². The van der Waals surface area contributed by atoms with Gasteiger partial charge in [0.05, 0.1) is 0 Å². The molecule has 0 spiro atoms. The summed E-state index contributed by atoms with van der Waals surface area (Å²) in [4.78, 5) is 4.62. The van der Waals surface area contributed by atoms with Crippen molar-refractivity contribution >= 4 is 0 Å². The number of rotatable bonds is 2. The van der Waals surface area contributed by atoms with E-state index >= 15 is 0 Å². The Labute approximate surface area is 105 Å². The lowest BCUT2D eigenvalue weighted by atomic mass is 9.94. The van der Waals surface area contributed by atoms with Crippen LogP contribution in [0.4, 0.5) is 8.78 Å². The van der Waals surface area contributed by atoms with Gasteiger partial charge in [-0.25, -0.2) is 8.78 Å². The number of benzene rings is 1. The molecule has 2 bridgehead atoms. The van der Waals surface area contributed by atoms with Crippen LogP contribution >= 0.6 is 0 Å². The molecular formula is C13H17F2N3. The van der Waals surface area contributed by atoms with Crippen LogP contribution in [0.5, 0.6) is 0 Å². The molecule has 5 heteroatoms. The molecule has 3 heterocycles. The molecule has 3 nitrogen and oxygen atoms in total. The van der Waals surface area contributed by atoms with Crippen molar-refractivity contribution < 1.29 is 8.78 Å². The van der Waals surface area contributed by atoms with Gasteiger partial charge in [0.2, 0.25) is 0 Å². The van der Waals surface area contributed by atoms with E-state index in [1.165, 1.54) is 6.07 Å². The first kappa shape index (κ1) is 12.0. The number of fused-ring (bicyclic) bond motifs is 3. The third-order valence-corrected chi connectivity index (χ3v) is 4.05. The van der Waals surface area contributed by atoms with E-state index in [1.54, 1.807) is 0 Å². The fraction of sp³-hybridized carbons (Fsp3) is 0.538. The minimum absolute atomic E-state index is 0.0869. The molecule has 0 aromatic heterocycles. The van der Waals surface area contributed by atoms with E-state index in [2.05, 4.69) is 9.80 Å². The lowest BCUT2D eigenvalue weighted by Crippen LogP contribution is -2.63. The number of halogens is 2. The Hall–Kier alpha value is -1.04. The van der Waals surface area contributed by atoms with Gasteiger partial charge in [-0.05, 0) is 18.2 Å². The number of hydrogen-bond donors (Lipinski definition) is 1. The summed E-state index contributed by atoms with van der Waals surface area (Å²) < 4.78 is 27.0. The summed E-state index contributed by atoms with van der Waals surface area (Å²) >= 11 is 0. The van der Waals surface area contributed by atoms with Gasteiger partial charge in [0, 0.05) is 50.4 Å². The van der Waals surface area contributed by atoms with Crippen molar-refractivity contribution in [3.63, 3.8) is 0 Å². The zero-order valence-electron chi connectivity index (χ0n) is 10.1. The van der Waals surface area contributed by atoms with Crippen molar-refractivity contribution in [2.24, 2.45) is 5.73 Å². The van der Waals surface area contributed by atoms with E-state index < -0.39 is 17.7 Å². The topological polar surface area (TPSA) is 32.5 Å². The molecular weight excluding hydrogens is 236 g/mol. The summed E-state index contributed by atoms with van der Waals surface area (Å²) in [6, 6.07) is 3.12. The van der Waals surface area contributed by atoms with Gasteiger partial charge in [0.25, 0.3) is 0 Å². The van der Waals surface area contributed by atoms with Crippen LogP contribution in [-0.2, 0) is 0 Å². The molecule has 2 atom stereocenters. The fourth-order valence-electron chi connectivity index (χ4n) is 2.98. The molecule has 0 amide bonds. The molecule has 2 unspecified atom stereocenters. The lowest BCUT2D eigenvalue weighted by molar-refractivity contribution is 0.00167. The van der Waals surface area contributed by atoms with Crippen LogP contribution in [0.3, 0.4) is 0 Å². The smallest absolute Gasteiger partial charge is 0.128 e. The first-order valence-electron chi connectivity index (χ1n) is 6.32. The van der Waals surface area contributed by atoms with Crippen LogP contribution in [-0.4, -0.2) is 48.6 Å². The molecule has 4 rings (SSSR count). The third kappa shape index (κ3) is 2.02. The molecule has 0 saturated carbocycles. The van der Waals surface area contributed by atoms with Crippen LogP contribution in [0.1, 0.15) is 11.6 Å². The summed E-state index contributed by atoms with van der Waals surface area (Å²) in [7, 11) is 0. The highest BCUT2D eigenvalue weighted by Crippen LogP contribution is 2.27. The Balaban J connectivity index is 1.85. The third-order valence-electron chi connectivity index (χ3n) is 4.05. The van der Waals surface area contributed by atoms with E-state index in [0.717, 1.165) is 44.9 Å². The molecule has 0 aliphatic carbocycles. The van der Waals surface area contributed by atoms with Gasteiger partial charge < -0.3 is 5.73 Å². The highest BCUT2D eigenvalue weighted by molar-refractivity contribution is 5.24. The largest absolute Gasteiger partial charge is 0.323 e. The second-order valence-electron chi connectivity index (χ2n) is 5.10. The van der Waals surface area contributed by atoms with Crippen molar-refractivity contribution in [2.75, 3.05) is 32.7 Å². The summed E-state index contributed by atoms with van der Waals surface area (Å²) in [6.07, 6.45) is 0. The number of piperazine rings is 3. The maximum atomic E-state index is 13.7. The first-order valence-corrected chi connectivity index (χ1v) is 6.32. The zero-order valence-corrected chi connectivity index (χ0v) is 10.1. The molecule has 1 aromatic rings. The van der Waals surface area contributed by atoms with Crippen LogP contribution in [0, 0.1) is 11.6 Å². The monoisotopic (exact) mass is 253 g/mol. The van der Waals surface area contributed by atoms with Crippen molar-refractivity contribution in [3.05, 3.63) is 35.4 Å². The summed E-state index contributed by atoms with van der Waals surface area (Å²) in [5, 5.41) is 0. The molecule has 3 saturated heterocycles. The Bertz CT molecular complexity index is 444. The minimum atomic E-state index is -0.469. The number of nitrogens with two attached hydrogens (primary N) is 1. The predicted octanol–water partition coefficient (Wildman–Crippen LogP) is 0.964. The highest BCUT2D eigenvalue weighted by atomic mass is 19.1.